The van der Waals surface area contributed by atoms with Crippen LogP contribution in [0.4, 0.5) is 0 Å². The van der Waals surface area contributed by atoms with Crippen molar-refractivity contribution in [2.45, 2.75) is 18.9 Å². The molecule has 5 nitrogen and oxygen atoms in total. The van der Waals surface area contributed by atoms with Crippen LogP contribution in [-0.4, -0.2) is 48.3 Å². The molecule has 1 atom stereocenters. The van der Waals surface area contributed by atoms with Crippen LogP contribution in [0.25, 0.3) is 0 Å². The standard InChI is InChI=1S/C10H15N3O2/c1-12(2)6-7-10(15)13-5-3-4-8(13)9(14)11-7/h6,8H,3-5H2,1-2H3,(H,11,14)/b7-6-. The second-order valence-electron chi connectivity index (χ2n) is 4.15. The lowest BCUT2D eigenvalue weighted by Crippen LogP contribution is -2.54. The highest BCUT2D eigenvalue weighted by molar-refractivity contribution is 6.04. The van der Waals surface area contributed by atoms with Gasteiger partial charge in [0.05, 0.1) is 0 Å². The van der Waals surface area contributed by atoms with E-state index in [4.69, 9.17) is 0 Å². The maximum Gasteiger partial charge on any atom is 0.272 e. The zero-order valence-corrected chi connectivity index (χ0v) is 8.99. The van der Waals surface area contributed by atoms with E-state index in [0.29, 0.717) is 12.2 Å². The summed E-state index contributed by atoms with van der Waals surface area (Å²) in [5, 5.41) is 2.66. The summed E-state index contributed by atoms with van der Waals surface area (Å²) in [6.45, 7) is 0.696. The van der Waals surface area contributed by atoms with Gasteiger partial charge in [0.1, 0.15) is 11.7 Å². The Hall–Kier alpha value is -1.52. The van der Waals surface area contributed by atoms with E-state index in [1.807, 2.05) is 14.1 Å². The molecular weight excluding hydrogens is 194 g/mol. The number of rotatable bonds is 1. The minimum Gasteiger partial charge on any atom is -0.382 e. The molecule has 1 N–H and O–H groups in total. The summed E-state index contributed by atoms with van der Waals surface area (Å²) < 4.78 is 0. The lowest BCUT2D eigenvalue weighted by molar-refractivity contribution is -0.140. The van der Waals surface area contributed by atoms with Crippen molar-refractivity contribution in [2.75, 3.05) is 20.6 Å². The van der Waals surface area contributed by atoms with Crippen LogP contribution in [0.3, 0.4) is 0 Å². The average Bonchev–Trinajstić information content (AvgIpc) is 2.61. The number of carbonyl (C=O) groups excluding carboxylic acids is 2. The number of fused-ring (bicyclic) bond motifs is 1. The predicted octanol–water partition coefficient (Wildman–Crippen LogP) is -0.490. The van der Waals surface area contributed by atoms with Crippen molar-refractivity contribution in [1.82, 2.24) is 15.1 Å². The van der Waals surface area contributed by atoms with Crippen LogP contribution < -0.4 is 5.32 Å². The SMILES string of the molecule is CN(C)/C=C1\NC(=O)C2CCCN2C1=O. The van der Waals surface area contributed by atoms with E-state index in [0.717, 1.165) is 12.8 Å². The van der Waals surface area contributed by atoms with E-state index in [9.17, 15) is 9.59 Å². The van der Waals surface area contributed by atoms with Gasteiger partial charge in [-0.15, -0.1) is 0 Å². The van der Waals surface area contributed by atoms with E-state index in [2.05, 4.69) is 5.32 Å². The molecule has 0 aromatic carbocycles. The molecule has 82 valence electrons. The lowest BCUT2D eigenvalue weighted by atomic mass is 10.1. The van der Waals surface area contributed by atoms with Crippen molar-refractivity contribution in [3.8, 4) is 0 Å². The minimum absolute atomic E-state index is 0.0554. The van der Waals surface area contributed by atoms with Crippen molar-refractivity contribution < 1.29 is 9.59 Å². The van der Waals surface area contributed by atoms with E-state index in [-0.39, 0.29) is 17.9 Å². The van der Waals surface area contributed by atoms with Gasteiger partial charge in [0.15, 0.2) is 0 Å². The summed E-state index contributed by atoms with van der Waals surface area (Å²) in [5.74, 6) is -0.119. The molecule has 0 aromatic heterocycles. The van der Waals surface area contributed by atoms with Gasteiger partial charge < -0.3 is 15.1 Å². The molecule has 2 saturated heterocycles. The lowest BCUT2D eigenvalue weighted by Gasteiger charge is -2.30. The fourth-order valence-corrected chi connectivity index (χ4v) is 2.05. The highest BCUT2D eigenvalue weighted by atomic mass is 16.2. The first-order valence-corrected chi connectivity index (χ1v) is 5.09. The third-order valence-electron chi connectivity index (χ3n) is 2.69. The molecule has 0 radical (unpaired) electrons. The summed E-state index contributed by atoms with van der Waals surface area (Å²) >= 11 is 0. The summed E-state index contributed by atoms with van der Waals surface area (Å²) in [5.41, 5.74) is 0.378. The molecule has 0 spiro atoms. The van der Waals surface area contributed by atoms with Crippen LogP contribution in [0.5, 0.6) is 0 Å². The number of piperazine rings is 1. The second-order valence-corrected chi connectivity index (χ2v) is 4.15. The molecule has 1 unspecified atom stereocenters. The summed E-state index contributed by atoms with van der Waals surface area (Å²) in [6.07, 6.45) is 3.35. The van der Waals surface area contributed by atoms with Crippen molar-refractivity contribution in [3.05, 3.63) is 11.9 Å². The molecule has 2 fully saturated rings. The minimum atomic E-state index is -0.239. The molecule has 0 bridgehead atoms. The first-order valence-electron chi connectivity index (χ1n) is 5.09. The third kappa shape index (κ3) is 1.69. The van der Waals surface area contributed by atoms with Gasteiger partial charge >= 0.3 is 0 Å². The van der Waals surface area contributed by atoms with E-state index < -0.39 is 0 Å². The van der Waals surface area contributed by atoms with Gasteiger partial charge in [0, 0.05) is 26.8 Å². The Morgan fingerprint density at radius 2 is 2.20 bits per heavy atom. The summed E-state index contributed by atoms with van der Waals surface area (Å²) in [7, 11) is 3.64. The van der Waals surface area contributed by atoms with Crippen molar-refractivity contribution in [3.63, 3.8) is 0 Å². The number of hydrogen-bond donors (Lipinski definition) is 1. The Morgan fingerprint density at radius 3 is 2.87 bits per heavy atom. The first-order chi connectivity index (χ1) is 7.09. The van der Waals surface area contributed by atoms with E-state index in [1.165, 1.54) is 0 Å². The van der Waals surface area contributed by atoms with Gasteiger partial charge in [-0.05, 0) is 12.8 Å². The van der Waals surface area contributed by atoms with Crippen LogP contribution >= 0.6 is 0 Å². The van der Waals surface area contributed by atoms with Gasteiger partial charge in [0.2, 0.25) is 5.91 Å². The molecule has 2 heterocycles. The summed E-state index contributed by atoms with van der Waals surface area (Å²) in [4.78, 5) is 27.0. The molecule has 0 saturated carbocycles. The van der Waals surface area contributed by atoms with Crippen molar-refractivity contribution >= 4 is 11.8 Å². The van der Waals surface area contributed by atoms with Gasteiger partial charge in [-0.1, -0.05) is 0 Å². The second kappa shape index (κ2) is 3.56. The van der Waals surface area contributed by atoms with Crippen LogP contribution in [0, 0.1) is 0 Å². The van der Waals surface area contributed by atoms with Crippen LogP contribution in [-0.2, 0) is 9.59 Å². The molecule has 2 rings (SSSR count). The van der Waals surface area contributed by atoms with Crippen LogP contribution in [0.15, 0.2) is 11.9 Å². The Morgan fingerprint density at radius 1 is 1.47 bits per heavy atom. The van der Waals surface area contributed by atoms with Gasteiger partial charge in [-0.2, -0.15) is 0 Å². The Labute approximate surface area is 88.7 Å². The summed E-state index contributed by atoms with van der Waals surface area (Å²) in [6, 6.07) is -0.239. The molecular formula is C10H15N3O2. The zero-order valence-electron chi connectivity index (χ0n) is 8.99. The predicted molar refractivity (Wildman–Crippen MR) is 54.6 cm³/mol. The van der Waals surface area contributed by atoms with Crippen molar-refractivity contribution in [1.29, 1.82) is 0 Å². The monoisotopic (exact) mass is 209 g/mol. The fraction of sp³-hybridized carbons (Fsp3) is 0.600. The Balaban J connectivity index is 2.24. The number of hydrogen-bond acceptors (Lipinski definition) is 3. The largest absolute Gasteiger partial charge is 0.382 e. The topological polar surface area (TPSA) is 52.7 Å². The normalized spacial score (nSPS) is 28.0. The average molecular weight is 209 g/mol. The zero-order chi connectivity index (χ0) is 11.0. The quantitative estimate of drug-likeness (QED) is 0.593. The molecule has 2 amide bonds. The van der Waals surface area contributed by atoms with Crippen LogP contribution in [0.1, 0.15) is 12.8 Å². The Kier molecular flexibility index (Phi) is 2.38. The first kappa shape index (κ1) is 10.0. The molecule has 2 aliphatic rings. The highest BCUT2D eigenvalue weighted by Crippen LogP contribution is 2.22. The van der Waals surface area contributed by atoms with Gasteiger partial charge in [-0.25, -0.2) is 0 Å². The number of nitrogens with zero attached hydrogens (tertiary/aromatic N) is 2. The smallest absolute Gasteiger partial charge is 0.272 e. The Bertz CT molecular complexity index is 336. The molecule has 15 heavy (non-hydrogen) atoms. The number of nitrogens with one attached hydrogen (secondary N) is 1. The molecule has 0 aromatic rings. The fourth-order valence-electron chi connectivity index (χ4n) is 2.05. The van der Waals surface area contributed by atoms with E-state index >= 15 is 0 Å². The van der Waals surface area contributed by atoms with Crippen LogP contribution in [0.2, 0.25) is 0 Å². The van der Waals surface area contributed by atoms with E-state index in [1.54, 1.807) is 16.0 Å². The molecule has 5 heteroatoms. The number of carbonyl (C=O) groups is 2. The molecule has 0 aliphatic carbocycles. The van der Waals surface area contributed by atoms with Gasteiger partial charge in [0.25, 0.3) is 5.91 Å². The van der Waals surface area contributed by atoms with Gasteiger partial charge in [-0.3, -0.25) is 9.59 Å². The maximum absolute atomic E-state index is 11.9. The highest BCUT2D eigenvalue weighted by Gasteiger charge is 2.40. The maximum atomic E-state index is 11.9. The molecule has 2 aliphatic heterocycles. The third-order valence-corrected chi connectivity index (χ3v) is 2.69. The number of amides is 2. The van der Waals surface area contributed by atoms with Crippen molar-refractivity contribution in [2.24, 2.45) is 0 Å².